The van der Waals surface area contributed by atoms with Gasteiger partial charge in [0.15, 0.2) is 10.8 Å². The van der Waals surface area contributed by atoms with E-state index in [2.05, 4.69) is 20.2 Å². The van der Waals surface area contributed by atoms with Crippen molar-refractivity contribution < 1.29 is 9.21 Å². The van der Waals surface area contributed by atoms with Crippen molar-refractivity contribution in [2.75, 3.05) is 26.2 Å². The fraction of sp³-hybridized carbons (Fsp3) is 0.600. The van der Waals surface area contributed by atoms with Gasteiger partial charge in [-0.25, -0.2) is 4.98 Å². The van der Waals surface area contributed by atoms with E-state index in [1.165, 1.54) is 32.1 Å². The van der Waals surface area contributed by atoms with Crippen LogP contribution in [0.25, 0.3) is 10.8 Å². The number of furan rings is 1. The summed E-state index contributed by atoms with van der Waals surface area (Å²) in [5.41, 5.74) is 1.09. The summed E-state index contributed by atoms with van der Waals surface area (Å²) in [4.78, 5) is 21.7. The van der Waals surface area contributed by atoms with E-state index >= 15 is 0 Å². The number of hydrogen-bond acceptors (Lipinski definition) is 5. The molecule has 0 unspecified atom stereocenters. The second-order valence-corrected chi connectivity index (χ2v) is 8.34. The third-order valence-corrected chi connectivity index (χ3v) is 6.49. The molecule has 5 nitrogen and oxygen atoms in total. The number of rotatable bonds is 5. The van der Waals surface area contributed by atoms with E-state index < -0.39 is 0 Å². The Balaban J connectivity index is 1.24. The Morgan fingerprint density at radius 3 is 2.73 bits per heavy atom. The van der Waals surface area contributed by atoms with Crippen LogP contribution in [0.4, 0.5) is 0 Å². The first-order valence-electron chi connectivity index (χ1n) is 9.76. The molecule has 0 radical (unpaired) electrons. The Labute approximate surface area is 159 Å². The van der Waals surface area contributed by atoms with Gasteiger partial charge in [0.2, 0.25) is 5.91 Å². The molecular formula is C20H27N3O2S. The highest BCUT2D eigenvalue weighted by Gasteiger charge is 2.24. The monoisotopic (exact) mass is 373 g/mol. The van der Waals surface area contributed by atoms with E-state index in [0.29, 0.717) is 11.8 Å². The Morgan fingerprint density at radius 1 is 1.19 bits per heavy atom. The van der Waals surface area contributed by atoms with Crippen LogP contribution >= 0.6 is 11.3 Å². The van der Waals surface area contributed by atoms with Crippen LogP contribution in [0.1, 0.15) is 44.2 Å². The average Bonchev–Trinajstić information content (AvgIpc) is 3.35. The lowest BCUT2D eigenvalue weighted by Crippen LogP contribution is -2.48. The van der Waals surface area contributed by atoms with Crippen LogP contribution in [0.2, 0.25) is 0 Å². The minimum atomic E-state index is 0.366. The van der Waals surface area contributed by atoms with Gasteiger partial charge in [-0.3, -0.25) is 9.69 Å². The molecule has 2 aliphatic rings. The summed E-state index contributed by atoms with van der Waals surface area (Å²) in [6.07, 6.45) is 8.89. The first kappa shape index (κ1) is 17.7. The van der Waals surface area contributed by atoms with E-state index in [9.17, 15) is 4.79 Å². The van der Waals surface area contributed by atoms with Crippen LogP contribution in [-0.2, 0) is 11.3 Å². The summed E-state index contributed by atoms with van der Waals surface area (Å²) >= 11 is 1.62. The van der Waals surface area contributed by atoms with Crippen LogP contribution < -0.4 is 0 Å². The maximum absolute atomic E-state index is 12.6. The van der Waals surface area contributed by atoms with Crippen molar-refractivity contribution in [1.29, 1.82) is 0 Å². The predicted molar refractivity (Wildman–Crippen MR) is 103 cm³/mol. The van der Waals surface area contributed by atoms with E-state index in [-0.39, 0.29) is 0 Å². The van der Waals surface area contributed by atoms with Gasteiger partial charge in [-0.2, -0.15) is 0 Å². The van der Waals surface area contributed by atoms with Gasteiger partial charge in [-0.05, 0) is 30.9 Å². The number of piperazine rings is 1. The zero-order valence-corrected chi connectivity index (χ0v) is 16.0. The third kappa shape index (κ3) is 4.35. The van der Waals surface area contributed by atoms with Crippen molar-refractivity contribution >= 4 is 17.2 Å². The number of hydrogen-bond donors (Lipinski definition) is 0. The summed E-state index contributed by atoms with van der Waals surface area (Å²) in [6.45, 7) is 4.41. The smallest absolute Gasteiger partial charge is 0.222 e. The molecular weight excluding hydrogens is 346 g/mol. The number of nitrogens with zero attached hydrogens (tertiary/aromatic N) is 3. The Morgan fingerprint density at radius 2 is 2.00 bits per heavy atom. The number of carbonyl (C=O) groups excluding carboxylic acids is 1. The molecule has 0 bridgehead atoms. The molecule has 0 N–H and O–H groups in total. The fourth-order valence-corrected chi connectivity index (χ4v) is 4.82. The molecule has 6 heteroatoms. The van der Waals surface area contributed by atoms with Gasteiger partial charge in [-0.15, -0.1) is 11.3 Å². The summed E-state index contributed by atoms with van der Waals surface area (Å²) in [5.74, 6) is 1.83. The van der Waals surface area contributed by atoms with Gasteiger partial charge < -0.3 is 9.32 Å². The number of thiazole rings is 1. The molecule has 26 heavy (non-hydrogen) atoms. The van der Waals surface area contributed by atoms with E-state index in [4.69, 9.17) is 4.42 Å². The molecule has 0 atom stereocenters. The minimum absolute atomic E-state index is 0.366. The standard InChI is InChI=1S/C20H27N3O2S/c24-19(13-16-5-2-1-3-6-16)23-10-8-22(9-11-23)14-17-15-26-20(21-17)18-7-4-12-25-18/h4,7,12,15-16H,1-3,5-6,8-11,13-14H2. The molecule has 4 rings (SSSR count). The van der Waals surface area contributed by atoms with Gasteiger partial charge in [-0.1, -0.05) is 19.3 Å². The molecule has 1 aliphatic heterocycles. The molecule has 1 amide bonds. The number of amides is 1. The first-order valence-corrected chi connectivity index (χ1v) is 10.6. The molecule has 0 spiro atoms. The summed E-state index contributed by atoms with van der Waals surface area (Å²) < 4.78 is 5.42. The Bertz CT molecular complexity index is 698. The number of aromatic nitrogens is 1. The molecule has 2 fully saturated rings. The van der Waals surface area contributed by atoms with Gasteiger partial charge in [0, 0.05) is 44.5 Å². The van der Waals surface area contributed by atoms with Crippen molar-refractivity contribution in [2.24, 2.45) is 5.92 Å². The van der Waals surface area contributed by atoms with Gasteiger partial charge >= 0.3 is 0 Å². The summed E-state index contributed by atoms with van der Waals surface area (Å²) in [5, 5.41) is 3.05. The molecule has 140 valence electrons. The highest BCUT2D eigenvalue weighted by atomic mass is 32.1. The van der Waals surface area contributed by atoms with Crippen LogP contribution in [0.15, 0.2) is 28.2 Å². The van der Waals surface area contributed by atoms with Crippen LogP contribution in [0.3, 0.4) is 0 Å². The molecule has 1 aliphatic carbocycles. The maximum atomic E-state index is 12.6. The van der Waals surface area contributed by atoms with Crippen LogP contribution in [0, 0.1) is 5.92 Å². The van der Waals surface area contributed by atoms with Crippen molar-refractivity contribution in [3.8, 4) is 10.8 Å². The second-order valence-electron chi connectivity index (χ2n) is 7.49. The quantitative estimate of drug-likeness (QED) is 0.794. The lowest BCUT2D eigenvalue weighted by molar-refractivity contribution is -0.134. The minimum Gasteiger partial charge on any atom is -0.462 e. The van der Waals surface area contributed by atoms with Gasteiger partial charge in [0.05, 0.1) is 12.0 Å². The highest BCUT2D eigenvalue weighted by molar-refractivity contribution is 7.13. The Kier molecular flexibility index (Phi) is 5.70. The fourth-order valence-electron chi connectivity index (χ4n) is 4.04. The zero-order valence-electron chi connectivity index (χ0n) is 15.2. The SMILES string of the molecule is O=C(CC1CCCCC1)N1CCN(Cc2csc(-c3ccco3)n2)CC1. The average molecular weight is 374 g/mol. The van der Waals surface area contributed by atoms with Crippen LogP contribution in [0.5, 0.6) is 0 Å². The van der Waals surface area contributed by atoms with Crippen molar-refractivity contribution in [1.82, 2.24) is 14.8 Å². The van der Waals surface area contributed by atoms with Gasteiger partial charge in [0.1, 0.15) is 0 Å². The van der Waals surface area contributed by atoms with E-state index in [1.807, 2.05) is 12.1 Å². The zero-order chi connectivity index (χ0) is 17.8. The maximum Gasteiger partial charge on any atom is 0.222 e. The predicted octanol–water partition coefficient (Wildman–Crippen LogP) is 4.02. The lowest BCUT2D eigenvalue weighted by Gasteiger charge is -2.35. The topological polar surface area (TPSA) is 49.6 Å². The van der Waals surface area contributed by atoms with E-state index in [0.717, 1.165) is 55.6 Å². The van der Waals surface area contributed by atoms with Crippen molar-refractivity contribution in [3.63, 3.8) is 0 Å². The molecule has 2 aromatic rings. The molecule has 0 aromatic carbocycles. The lowest BCUT2D eigenvalue weighted by atomic mass is 9.86. The summed E-state index contributed by atoms with van der Waals surface area (Å²) in [7, 11) is 0. The van der Waals surface area contributed by atoms with E-state index in [1.54, 1.807) is 17.6 Å². The van der Waals surface area contributed by atoms with Crippen molar-refractivity contribution in [2.45, 2.75) is 45.1 Å². The van der Waals surface area contributed by atoms with Gasteiger partial charge in [0.25, 0.3) is 0 Å². The second kappa shape index (κ2) is 8.35. The summed E-state index contributed by atoms with van der Waals surface area (Å²) in [6, 6.07) is 3.83. The molecule has 1 saturated heterocycles. The first-order chi connectivity index (χ1) is 12.8. The normalized spacial score (nSPS) is 19.8. The van der Waals surface area contributed by atoms with Crippen molar-refractivity contribution in [3.05, 3.63) is 29.5 Å². The van der Waals surface area contributed by atoms with Crippen LogP contribution in [-0.4, -0.2) is 46.9 Å². The third-order valence-electron chi connectivity index (χ3n) is 5.58. The molecule has 3 heterocycles. The number of carbonyl (C=O) groups is 1. The highest BCUT2D eigenvalue weighted by Crippen LogP contribution is 2.27. The molecule has 1 saturated carbocycles. The Hall–Kier alpha value is -1.66. The largest absolute Gasteiger partial charge is 0.462 e. The molecule has 2 aromatic heterocycles.